The van der Waals surface area contributed by atoms with Gasteiger partial charge in [0.25, 0.3) is 0 Å². The Balaban J connectivity index is 0. The molecule has 0 rings (SSSR count). The molecule has 4 heavy (non-hydrogen) atoms. The van der Waals surface area contributed by atoms with E-state index < -0.39 is 0 Å². The van der Waals surface area contributed by atoms with Crippen molar-refractivity contribution in [1.29, 1.82) is 0 Å². The van der Waals surface area contributed by atoms with E-state index in [9.17, 15) is 0 Å². The van der Waals surface area contributed by atoms with Gasteiger partial charge in [0.15, 0.2) is 0 Å². The molecule has 0 atom stereocenters. The first-order chi connectivity index (χ1) is 0. The smallest absolute Gasteiger partial charge is 0 e. The first kappa shape index (κ1) is 29.4. The molecule has 0 aliphatic rings. The first-order valence-corrected chi connectivity index (χ1v) is 0. The molecule has 0 saturated carbocycles. The van der Waals surface area contributed by atoms with Crippen LogP contribution in [-0.2, 0) is 84.6 Å². The van der Waals surface area contributed by atoms with Gasteiger partial charge in [-0.25, -0.2) is 0 Å². The van der Waals surface area contributed by atoms with E-state index in [0.717, 1.165) is 0 Å². The van der Waals surface area contributed by atoms with Crippen LogP contribution < -0.4 is 0 Å². The summed E-state index contributed by atoms with van der Waals surface area (Å²) in [5.74, 6) is 0. The van der Waals surface area contributed by atoms with E-state index in [1.165, 1.54) is 0 Å². The summed E-state index contributed by atoms with van der Waals surface area (Å²) in [5.41, 5.74) is 0. The van der Waals surface area contributed by atoms with E-state index in [4.69, 9.17) is 0 Å². The van der Waals surface area contributed by atoms with E-state index in [1.807, 2.05) is 0 Å². The maximum absolute atomic E-state index is 0. The molecule has 0 aliphatic heterocycles. The minimum atomic E-state index is 0. The van der Waals surface area contributed by atoms with Crippen molar-refractivity contribution in [2.24, 2.45) is 0 Å². The zero-order valence-corrected chi connectivity index (χ0v) is 10.9. The summed E-state index contributed by atoms with van der Waals surface area (Å²) in [4.78, 5) is 0. The monoisotopic (exact) mass is 403 g/mol. The van der Waals surface area contributed by atoms with Gasteiger partial charge in [0, 0.05) is 84.6 Å². The molecule has 4 heteroatoms. The molecule has 0 fully saturated rings. The predicted octanol–water partition coefficient (Wildman–Crippen LogP) is -0.0100. The Morgan fingerprint density at radius 1 is 1.00 bits per heavy atom. The summed E-state index contributed by atoms with van der Waals surface area (Å²) >= 11 is 0. The van der Waals surface area contributed by atoms with E-state index >= 15 is 0 Å². The van der Waals surface area contributed by atoms with Gasteiger partial charge < -0.3 is 0 Å². The second kappa shape index (κ2) is 17.1. The van der Waals surface area contributed by atoms with E-state index in [1.54, 1.807) is 0 Å². The summed E-state index contributed by atoms with van der Waals surface area (Å²) in [7, 11) is 0. The predicted molar refractivity (Wildman–Crippen MR) is 0 cm³/mol. The third-order valence-corrected chi connectivity index (χ3v) is 0. The van der Waals surface area contributed by atoms with Crippen molar-refractivity contribution in [3.63, 3.8) is 0 Å². The molecular weight excluding hydrogens is 405 g/mol. The average Bonchev–Trinajstić information content (AvgIpc) is 0. The van der Waals surface area contributed by atoms with Crippen molar-refractivity contribution in [2.75, 3.05) is 0 Å². The van der Waals surface area contributed by atoms with Crippen molar-refractivity contribution >= 4 is 0 Å². The second-order valence-corrected chi connectivity index (χ2v) is 0. The van der Waals surface area contributed by atoms with Crippen LogP contribution in [0.15, 0.2) is 0 Å². The number of hydrogen-bond donors (Lipinski definition) is 0. The molecule has 23 valence electrons. The summed E-state index contributed by atoms with van der Waals surface area (Å²) in [5, 5.41) is 0. The van der Waals surface area contributed by atoms with Gasteiger partial charge in [0.1, 0.15) is 0 Å². The molecule has 0 aromatic carbocycles. The molecule has 0 bridgehead atoms. The van der Waals surface area contributed by atoms with Crippen LogP contribution in [-0.4, -0.2) is 0 Å². The summed E-state index contributed by atoms with van der Waals surface area (Å²) in [6, 6.07) is 0. The van der Waals surface area contributed by atoms with Crippen molar-refractivity contribution in [1.82, 2.24) is 0 Å². The topological polar surface area (TPSA) is 0 Å². The summed E-state index contributed by atoms with van der Waals surface area (Å²) in [6.45, 7) is 0. The third kappa shape index (κ3) is 8.84. The van der Waals surface area contributed by atoms with E-state index in [0.29, 0.717) is 0 Å². The fraction of sp³-hybridized carbons (Fsp3) is 0. The van der Waals surface area contributed by atoms with E-state index in [2.05, 4.69) is 0 Å². The minimum Gasteiger partial charge on any atom is 0 e. The Bertz CT molecular complexity index is 8.00. The van der Waals surface area contributed by atoms with E-state index in [-0.39, 0.29) is 84.6 Å². The molecule has 0 heterocycles. The average molecular weight is 405 g/mol. The largest absolute Gasteiger partial charge is 0 e. The van der Waals surface area contributed by atoms with Crippen molar-refractivity contribution < 1.29 is 84.6 Å². The zero-order valence-electron chi connectivity index (χ0n) is 1.92. The van der Waals surface area contributed by atoms with Gasteiger partial charge in [-0.15, -0.1) is 0 Å². The van der Waals surface area contributed by atoms with Crippen LogP contribution in [0.5, 0.6) is 0 Å². The van der Waals surface area contributed by atoms with Gasteiger partial charge in [-0.05, 0) is 0 Å². The fourth-order valence-corrected chi connectivity index (χ4v) is 0. The van der Waals surface area contributed by atoms with Crippen LogP contribution >= 0.6 is 0 Å². The standard InChI is InChI=1S/Ag.Ti.W.Zn. The van der Waals surface area contributed by atoms with Crippen LogP contribution in [0.3, 0.4) is 0 Å². The quantitative estimate of drug-likeness (QED) is 0.498. The van der Waals surface area contributed by atoms with Gasteiger partial charge in [-0.1, -0.05) is 0 Å². The van der Waals surface area contributed by atoms with Crippen molar-refractivity contribution in [2.45, 2.75) is 0 Å². The maximum atomic E-state index is 0. The fourth-order valence-electron chi connectivity index (χ4n) is 0. The maximum Gasteiger partial charge on any atom is 0 e. The third-order valence-electron chi connectivity index (χ3n) is 0. The van der Waals surface area contributed by atoms with Crippen LogP contribution in [0, 0.1) is 0 Å². The number of hydrogen-bond acceptors (Lipinski definition) is 0. The Kier molecular flexibility index (Phi) is 126. The van der Waals surface area contributed by atoms with Gasteiger partial charge in [-0.2, -0.15) is 0 Å². The van der Waals surface area contributed by atoms with Gasteiger partial charge in [0.2, 0.25) is 0 Å². The Morgan fingerprint density at radius 2 is 1.00 bits per heavy atom. The van der Waals surface area contributed by atoms with Crippen LogP contribution in [0.2, 0.25) is 0 Å². The molecule has 0 amide bonds. The van der Waals surface area contributed by atoms with Crippen LogP contribution in [0.25, 0.3) is 0 Å². The molecule has 0 unspecified atom stereocenters. The van der Waals surface area contributed by atoms with Crippen LogP contribution in [0.1, 0.15) is 0 Å². The number of rotatable bonds is 0. The SMILES string of the molecule is [Ag].[Ti].[W].[Zn]. The Hall–Kier alpha value is 2.77. The Labute approximate surface area is 83.3 Å². The molecule has 0 aromatic heterocycles. The molecule has 0 N–H and O–H groups in total. The first-order valence-electron chi connectivity index (χ1n) is 0. The normalized spacial score (nSPS) is 0. The molecule has 0 saturated heterocycles. The molecule has 0 nitrogen and oxygen atoms in total. The summed E-state index contributed by atoms with van der Waals surface area (Å²) < 4.78 is 0. The molecule has 1 radical (unpaired) electrons. The van der Waals surface area contributed by atoms with Crippen molar-refractivity contribution in [3.05, 3.63) is 0 Å². The Morgan fingerprint density at radius 3 is 1.00 bits per heavy atom. The molecular formula is AgTiWZn. The van der Waals surface area contributed by atoms with Crippen molar-refractivity contribution in [3.8, 4) is 0 Å². The molecule has 0 aliphatic carbocycles. The molecule has 0 spiro atoms. The summed E-state index contributed by atoms with van der Waals surface area (Å²) in [6.07, 6.45) is 0. The van der Waals surface area contributed by atoms with Crippen LogP contribution in [0.4, 0.5) is 0 Å². The molecule has 0 aromatic rings. The van der Waals surface area contributed by atoms with Gasteiger partial charge >= 0.3 is 0 Å². The second-order valence-electron chi connectivity index (χ2n) is 0. The van der Waals surface area contributed by atoms with Gasteiger partial charge in [0.05, 0.1) is 0 Å². The van der Waals surface area contributed by atoms with Gasteiger partial charge in [-0.3, -0.25) is 0 Å². The minimum absolute atomic E-state index is 0. The zero-order chi connectivity index (χ0) is 0.